The zero-order valence-corrected chi connectivity index (χ0v) is 33.7. The second kappa shape index (κ2) is 17.4. The van der Waals surface area contributed by atoms with Gasteiger partial charge in [-0.1, -0.05) is 50.5 Å². The van der Waals surface area contributed by atoms with Crippen molar-refractivity contribution < 1.29 is 61.4 Å². The molecule has 0 saturated heterocycles. The van der Waals surface area contributed by atoms with E-state index in [9.17, 15) is 26.3 Å². The first-order valence-electron chi connectivity index (χ1n) is 18.0. The highest BCUT2D eigenvalue weighted by molar-refractivity contribution is 7.86. The molecule has 3 aromatic heterocycles. The Morgan fingerprint density at radius 1 is 0.737 bits per heavy atom. The lowest BCUT2D eigenvalue weighted by molar-refractivity contribution is -0.689. The van der Waals surface area contributed by atoms with Gasteiger partial charge in [-0.3, -0.25) is 0 Å². The molecule has 5 heterocycles. The van der Waals surface area contributed by atoms with Crippen molar-refractivity contribution in [1.29, 1.82) is 0 Å². The smallest absolute Gasteiger partial charge is 0.485 e. The number of benzene rings is 2. The Labute approximate surface area is 331 Å². The van der Waals surface area contributed by atoms with Gasteiger partial charge in [-0.2, -0.15) is 35.5 Å². The largest absolute Gasteiger partial charge is 0.741 e. The van der Waals surface area contributed by atoms with Crippen molar-refractivity contribution in [2.45, 2.75) is 89.8 Å². The average Bonchev–Trinajstić information content (AvgIpc) is 3.60. The number of alkyl halides is 6. The Bertz CT molecular complexity index is 2490. The van der Waals surface area contributed by atoms with E-state index in [0.29, 0.717) is 0 Å². The van der Waals surface area contributed by atoms with Gasteiger partial charge in [-0.05, 0) is 84.2 Å². The first-order chi connectivity index (χ1) is 26.6. The quantitative estimate of drug-likeness (QED) is 0.0530. The number of aromatic nitrogens is 2. The number of halogens is 6. The van der Waals surface area contributed by atoms with E-state index in [1.807, 2.05) is 11.3 Å². The molecule has 0 radical (unpaired) electrons. The van der Waals surface area contributed by atoms with Crippen LogP contribution in [-0.2, 0) is 52.6 Å². The fourth-order valence-corrected chi connectivity index (χ4v) is 8.02. The van der Waals surface area contributed by atoms with Crippen molar-refractivity contribution in [2.24, 2.45) is 0 Å². The van der Waals surface area contributed by atoms with Gasteiger partial charge in [-0.15, -0.1) is 11.3 Å². The van der Waals surface area contributed by atoms with Gasteiger partial charge in [0.05, 0.1) is 16.5 Å². The van der Waals surface area contributed by atoms with Crippen molar-refractivity contribution in [2.75, 3.05) is 0 Å². The summed E-state index contributed by atoms with van der Waals surface area (Å²) >= 11 is 1.95. The molecule has 306 valence electrons. The van der Waals surface area contributed by atoms with Crippen LogP contribution in [0.25, 0.3) is 45.4 Å². The zero-order valence-electron chi connectivity index (χ0n) is 31.2. The number of hydrogen-bond donors (Lipinski definition) is 0. The molecule has 2 aliphatic heterocycles. The number of nitrogens with zero attached hydrogens (tertiary/aromatic N) is 2. The van der Waals surface area contributed by atoms with E-state index in [4.69, 9.17) is 25.9 Å². The summed E-state index contributed by atoms with van der Waals surface area (Å²) in [4.78, 5) is 2.86. The SMILES string of the molecule is CCCCCCc1ccc(C=Cc2cc[n+]3c(c2)-c2c(c(C)c(C)c4c2-c2c5ccccc5cc[n+]2CC4)CC3)s1.O=S(=O)([O-])C(F)(F)F.O=S(=O)([O-])C(F)(F)F. The van der Waals surface area contributed by atoms with Crippen LogP contribution < -0.4 is 9.13 Å². The molecule has 17 heteroatoms. The van der Waals surface area contributed by atoms with E-state index in [1.54, 1.807) is 0 Å². The van der Waals surface area contributed by atoms with Gasteiger partial charge in [-0.25, -0.2) is 16.8 Å². The molecular weight excluding hydrogens is 815 g/mol. The molecule has 2 aromatic carbocycles. The summed E-state index contributed by atoms with van der Waals surface area (Å²) in [6.07, 6.45) is 17.9. The van der Waals surface area contributed by atoms with Crippen molar-refractivity contribution in [3.63, 3.8) is 0 Å². The number of thiophene rings is 1. The van der Waals surface area contributed by atoms with Crippen LogP contribution >= 0.6 is 11.3 Å². The number of fused-ring (bicyclic) bond motifs is 9. The Hall–Kier alpha value is -4.16. The molecule has 0 bridgehead atoms. The molecule has 0 saturated carbocycles. The molecule has 8 nitrogen and oxygen atoms in total. The summed E-state index contributed by atoms with van der Waals surface area (Å²) in [6, 6.07) is 20.5. The van der Waals surface area contributed by atoms with Gasteiger partial charge in [0, 0.05) is 40.8 Å². The number of unbranched alkanes of at least 4 members (excludes halogenated alkanes) is 3. The second-order valence-electron chi connectivity index (χ2n) is 13.7. The highest BCUT2D eigenvalue weighted by Gasteiger charge is 2.38. The third-order valence-corrected chi connectivity index (χ3v) is 12.2. The molecule has 57 heavy (non-hydrogen) atoms. The van der Waals surface area contributed by atoms with Crippen LogP contribution in [0.3, 0.4) is 0 Å². The summed E-state index contributed by atoms with van der Waals surface area (Å²) in [7, 11) is -12.2. The molecule has 0 fully saturated rings. The molecule has 2 aliphatic rings. The molecular formula is C40H40F6N2O6S3. The molecule has 0 unspecified atom stereocenters. The van der Waals surface area contributed by atoms with E-state index in [2.05, 4.69) is 109 Å². The summed E-state index contributed by atoms with van der Waals surface area (Å²) in [6.45, 7) is 9.07. The Morgan fingerprint density at radius 3 is 1.93 bits per heavy atom. The summed E-state index contributed by atoms with van der Waals surface area (Å²) in [5.74, 6) is 0. The third kappa shape index (κ3) is 10.1. The van der Waals surface area contributed by atoms with Gasteiger partial charge >= 0.3 is 11.0 Å². The van der Waals surface area contributed by atoms with Gasteiger partial charge < -0.3 is 9.11 Å². The van der Waals surface area contributed by atoms with Gasteiger partial charge in [0.2, 0.25) is 11.4 Å². The van der Waals surface area contributed by atoms with Gasteiger partial charge in [0.1, 0.15) is 0 Å². The molecule has 0 aliphatic carbocycles. The number of rotatable bonds is 7. The van der Waals surface area contributed by atoms with Crippen LogP contribution in [0.5, 0.6) is 0 Å². The maximum Gasteiger partial charge on any atom is 0.485 e. The molecule has 0 spiro atoms. The summed E-state index contributed by atoms with van der Waals surface area (Å²) in [5, 5.41) is 2.68. The van der Waals surface area contributed by atoms with Crippen LogP contribution in [-0.4, -0.2) is 37.0 Å². The Kier molecular flexibility index (Phi) is 13.4. The van der Waals surface area contributed by atoms with Crippen LogP contribution in [0.1, 0.15) is 70.2 Å². The minimum Gasteiger partial charge on any atom is -0.741 e. The molecule has 0 amide bonds. The van der Waals surface area contributed by atoms with Gasteiger partial charge in [0.15, 0.2) is 45.7 Å². The Balaban J connectivity index is 0.000000328. The maximum absolute atomic E-state index is 10.7. The molecule has 5 aromatic rings. The first kappa shape index (κ1) is 44.0. The third-order valence-electron chi connectivity index (χ3n) is 9.98. The van der Waals surface area contributed by atoms with Crippen LogP contribution in [0, 0.1) is 13.8 Å². The lowest BCUT2D eigenvalue weighted by atomic mass is 9.79. The first-order valence-corrected chi connectivity index (χ1v) is 21.7. The molecule has 0 atom stereocenters. The highest BCUT2D eigenvalue weighted by atomic mass is 32.2. The minimum atomic E-state index is -6.09. The van der Waals surface area contributed by atoms with Crippen molar-refractivity contribution in [3.8, 4) is 22.5 Å². The highest BCUT2D eigenvalue weighted by Crippen LogP contribution is 2.44. The minimum absolute atomic E-state index is 1.03. The van der Waals surface area contributed by atoms with E-state index in [1.165, 1.54) is 103 Å². The van der Waals surface area contributed by atoms with Crippen molar-refractivity contribution in [1.82, 2.24) is 0 Å². The second-order valence-corrected chi connectivity index (χ2v) is 17.6. The van der Waals surface area contributed by atoms with Gasteiger partial charge in [0.25, 0.3) is 0 Å². The zero-order chi connectivity index (χ0) is 41.9. The predicted molar refractivity (Wildman–Crippen MR) is 205 cm³/mol. The Morgan fingerprint density at radius 2 is 1.32 bits per heavy atom. The molecule has 7 rings (SSSR count). The standard InChI is InChI=1S/C38H40N2S.2CHF3O3S/c1-4-5-6-7-11-30-15-16-31(41-30)14-13-28-17-21-39-23-19-32-26(2)27(3)33-20-24-40-22-18-29-10-8-9-12-34(29)38(40)37(33)36(32)35(39)25-28;2*2-1(3,4)8(5,6)7/h8-10,12-18,21-22,25H,4-7,11,19-20,23-24H2,1-3H3;2*(H,5,6,7)/q+2;;/p-2. The fourth-order valence-electron chi connectivity index (χ4n) is 7.07. The lowest BCUT2D eigenvalue weighted by Crippen LogP contribution is -2.43. The van der Waals surface area contributed by atoms with Crippen molar-refractivity contribution in [3.05, 3.63) is 105 Å². The predicted octanol–water partition coefficient (Wildman–Crippen LogP) is 8.94. The number of aryl methyl sites for hydroxylation is 3. The van der Waals surface area contributed by atoms with E-state index >= 15 is 0 Å². The van der Waals surface area contributed by atoms with E-state index < -0.39 is 31.3 Å². The number of pyridine rings is 2. The average molecular weight is 855 g/mol. The summed E-state index contributed by atoms with van der Waals surface area (Å²) < 4.78 is 123. The lowest BCUT2D eigenvalue weighted by Gasteiger charge is -2.27. The maximum atomic E-state index is 10.7. The van der Waals surface area contributed by atoms with Crippen LogP contribution in [0.2, 0.25) is 0 Å². The topological polar surface area (TPSA) is 122 Å². The normalized spacial score (nSPS) is 13.8. The fraction of sp³-hybridized carbons (Fsp3) is 0.350. The van der Waals surface area contributed by atoms with E-state index in [0.717, 1.165) is 25.9 Å². The van der Waals surface area contributed by atoms with Crippen LogP contribution in [0.15, 0.2) is 67.0 Å². The monoisotopic (exact) mass is 854 g/mol. The van der Waals surface area contributed by atoms with Crippen molar-refractivity contribution >= 4 is 54.5 Å². The summed E-state index contributed by atoms with van der Waals surface area (Å²) in [5.41, 5.74) is 1.71. The number of hydrogen-bond acceptors (Lipinski definition) is 7. The van der Waals surface area contributed by atoms with Crippen LogP contribution in [0.4, 0.5) is 26.3 Å². The molecule has 0 N–H and O–H groups in total. The van der Waals surface area contributed by atoms with E-state index in [-0.39, 0.29) is 0 Å².